The van der Waals surface area contributed by atoms with Crippen LogP contribution in [0.2, 0.25) is 0 Å². The number of hydrogen-bond acceptors (Lipinski definition) is 6. The van der Waals surface area contributed by atoms with E-state index >= 15 is 0 Å². The van der Waals surface area contributed by atoms with Crippen molar-refractivity contribution in [2.75, 3.05) is 12.0 Å². The molecule has 0 aliphatic heterocycles. The topological polar surface area (TPSA) is 148 Å². The summed E-state index contributed by atoms with van der Waals surface area (Å²) in [5.41, 5.74) is 12.0. The van der Waals surface area contributed by atoms with Crippen molar-refractivity contribution in [2.24, 2.45) is 17.4 Å². The molecule has 0 spiro atoms. The summed E-state index contributed by atoms with van der Waals surface area (Å²) in [5, 5.41) is 14.7. The number of phenolic OH excluding ortho intramolecular Hbond substituents is 1. The van der Waals surface area contributed by atoms with Crippen LogP contribution < -0.4 is 22.1 Å². The molecule has 0 aliphatic rings. The molecule has 0 fully saturated rings. The fourth-order valence-electron chi connectivity index (χ4n) is 2.59. The Labute approximate surface area is 169 Å². The van der Waals surface area contributed by atoms with E-state index in [1.807, 2.05) is 20.1 Å². The van der Waals surface area contributed by atoms with Crippen molar-refractivity contribution in [3.63, 3.8) is 0 Å². The van der Waals surface area contributed by atoms with Gasteiger partial charge in [-0.2, -0.15) is 11.8 Å². The third-order valence-corrected chi connectivity index (χ3v) is 5.20. The fourth-order valence-corrected chi connectivity index (χ4v) is 3.10. The summed E-state index contributed by atoms with van der Waals surface area (Å²) in [7, 11) is 0. The Bertz CT molecular complexity index is 668. The van der Waals surface area contributed by atoms with Crippen molar-refractivity contribution < 1.29 is 19.5 Å². The Hall–Kier alpha value is -2.26. The smallest absolute Gasteiger partial charge is 0.243 e. The zero-order valence-electron chi connectivity index (χ0n) is 16.5. The van der Waals surface area contributed by atoms with Crippen LogP contribution in [0.4, 0.5) is 0 Å². The standard InChI is InChI=1S/C19H30N4O4S/c1-4-11(2)16(17(21)25)23-19(27)15(22-18(26)14(20)10-28-3)9-12-5-7-13(24)8-6-12/h5-8,11,14-16,24H,4,9-10,20H2,1-3H3,(H2,21,25)(H,22,26)(H,23,27)/t11-,14-,15-,16-/m0/s1. The van der Waals surface area contributed by atoms with Crippen LogP contribution in [-0.4, -0.2) is 53.0 Å². The van der Waals surface area contributed by atoms with Gasteiger partial charge >= 0.3 is 0 Å². The molecule has 4 atom stereocenters. The summed E-state index contributed by atoms with van der Waals surface area (Å²) < 4.78 is 0. The van der Waals surface area contributed by atoms with Crippen molar-refractivity contribution >= 4 is 29.5 Å². The maximum atomic E-state index is 12.8. The third-order valence-electron chi connectivity index (χ3n) is 4.51. The lowest BCUT2D eigenvalue weighted by molar-refractivity contribution is -0.132. The fraction of sp³-hybridized carbons (Fsp3) is 0.526. The molecule has 0 aromatic heterocycles. The quantitative estimate of drug-likeness (QED) is 0.350. The molecule has 0 unspecified atom stereocenters. The molecular formula is C19H30N4O4S. The van der Waals surface area contributed by atoms with Gasteiger partial charge in [-0.05, 0) is 29.9 Å². The number of hydrogen-bond donors (Lipinski definition) is 5. The van der Waals surface area contributed by atoms with E-state index in [1.165, 1.54) is 23.9 Å². The summed E-state index contributed by atoms with van der Waals surface area (Å²) in [6, 6.07) is 3.78. The number of primary amides is 1. The van der Waals surface area contributed by atoms with E-state index < -0.39 is 35.8 Å². The van der Waals surface area contributed by atoms with Crippen LogP contribution in [0.3, 0.4) is 0 Å². The average molecular weight is 411 g/mol. The van der Waals surface area contributed by atoms with Crippen molar-refractivity contribution in [3.05, 3.63) is 29.8 Å². The molecule has 0 heterocycles. The summed E-state index contributed by atoms with van der Waals surface area (Å²) in [4.78, 5) is 36.9. The van der Waals surface area contributed by atoms with Gasteiger partial charge in [0.15, 0.2) is 0 Å². The molecule has 1 rings (SSSR count). The highest BCUT2D eigenvalue weighted by Gasteiger charge is 2.29. The van der Waals surface area contributed by atoms with Crippen LogP contribution >= 0.6 is 11.8 Å². The number of phenols is 1. The SMILES string of the molecule is CC[C@H](C)[C@H](NC(=O)[C@H](Cc1ccc(O)cc1)NC(=O)[C@@H](N)CSC)C(N)=O. The van der Waals surface area contributed by atoms with Crippen molar-refractivity contribution in [1.29, 1.82) is 0 Å². The molecule has 3 amide bonds. The van der Waals surface area contributed by atoms with Crippen LogP contribution in [0.5, 0.6) is 5.75 Å². The van der Waals surface area contributed by atoms with Gasteiger partial charge in [0.2, 0.25) is 17.7 Å². The van der Waals surface area contributed by atoms with Gasteiger partial charge in [0.05, 0.1) is 6.04 Å². The van der Waals surface area contributed by atoms with Crippen LogP contribution in [0.15, 0.2) is 24.3 Å². The van der Waals surface area contributed by atoms with E-state index in [1.54, 1.807) is 12.1 Å². The number of thioether (sulfide) groups is 1. The average Bonchev–Trinajstić information content (AvgIpc) is 2.66. The van der Waals surface area contributed by atoms with Crippen LogP contribution in [0, 0.1) is 5.92 Å². The number of aromatic hydroxyl groups is 1. The van der Waals surface area contributed by atoms with Gasteiger partial charge < -0.3 is 27.2 Å². The highest BCUT2D eigenvalue weighted by Crippen LogP contribution is 2.13. The minimum absolute atomic E-state index is 0.0985. The Kier molecular flexibility index (Phi) is 9.81. The Morgan fingerprint density at radius 2 is 1.75 bits per heavy atom. The first-order valence-electron chi connectivity index (χ1n) is 9.12. The van der Waals surface area contributed by atoms with Crippen LogP contribution in [0.1, 0.15) is 25.8 Å². The van der Waals surface area contributed by atoms with E-state index in [2.05, 4.69) is 10.6 Å². The molecule has 28 heavy (non-hydrogen) atoms. The first kappa shape index (κ1) is 23.8. The number of nitrogens with one attached hydrogen (secondary N) is 2. The van der Waals surface area contributed by atoms with Gasteiger partial charge in [-0.15, -0.1) is 0 Å². The minimum atomic E-state index is -0.934. The molecule has 8 nitrogen and oxygen atoms in total. The van der Waals surface area contributed by atoms with Gasteiger partial charge in [0.1, 0.15) is 17.8 Å². The highest BCUT2D eigenvalue weighted by atomic mass is 32.2. The predicted octanol–water partition coefficient (Wildman–Crippen LogP) is 0.126. The number of benzene rings is 1. The number of rotatable bonds is 11. The molecule has 156 valence electrons. The molecule has 0 saturated carbocycles. The van der Waals surface area contributed by atoms with Gasteiger partial charge in [-0.1, -0.05) is 32.4 Å². The van der Waals surface area contributed by atoms with E-state index in [4.69, 9.17) is 11.5 Å². The normalized spacial score (nSPS) is 15.1. The maximum absolute atomic E-state index is 12.8. The van der Waals surface area contributed by atoms with Gasteiger partial charge in [-0.3, -0.25) is 14.4 Å². The first-order chi connectivity index (χ1) is 13.2. The number of carbonyl (C=O) groups excluding carboxylic acids is 3. The van der Waals surface area contributed by atoms with Crippen LogP contribution in [0.25, 0.3) is 0 Å². The second-order valence-corrected chi connectivity index (χ2v) is 7.68. The summed E-state index contributed by atoms with van der Waals surface area (Å²) in [6.45, 7) is 3.71. The summed E-state index contributed by atoms with van der Waals surface area (Å²) in [5.74, 6) is -1.23. The van der Waals surface area contributed by atoms with Crippen molar-refractivity contribution in [2.45, 2.75) is 44.8 Å². The second-order valence-electron chi connectivity index (χ2n) is 6.77. The Morgan fingerprint density at radius 3 is 2.25 bits per heavy atom. The number of carbonyl (C=O) groups is 3. The molecule has 0 saturated heterocycles. The molecule has 0 aliphatic carbocycles. The van der Waals surface area contributed by atoms with Crippen molar-refractivity contribution in [1.82, 2.24) is 10.6 Å². The molecule has 1 aromatic rings. The molecule has 9 heteroatoms. The van der Waals surface area contributed by atoms with Gasteiger partial charge in [0, 0.05) is 12.2 Å². The van der Waals surface area contributed by atoms with E-state index in [-0.39, 0.29) is 18.1 Å². The lowest BCUT2D eigenvalue weighted by Gasteiger charge is -2.26. The van der Waals surface area contributed by atoms with Crippen molar-refractivity contribution in [3.8, 4) is 5.75 Å². The zero-order chi connectivity index (χ0) is 21.3. The number of amides is 3. The molecule has 1 aromatic carbocycles. The highest BCUT2D eigenvalue weighted by molar-refractivity contribution is 7.98. The lowest BCUT2D eigenvalue weighted by atomic mass is 9.97. The zero-order valence-corrected chi connectivity index (χ0v) is 17.3. The first-order valence-corrected chi connectivity index (χ1v) is 10.5. The van der Waals surface area contributed by atoms with E-state index in [0.717, 1.165) is 5.56 Å². The maximum Gasteiger partial charge on any atom is 0.243 e. The molecule has 0 radical (unpaired) electrons. The molecule has 0 bridgehead atoms. The minimum Gasteiger partial charge on any atom is -0.508 e. The van der Waals surface area contributed by atoms with E-state index in [9.17, 15) is 19.5 Å². The second kappa shape index (κ2) is 11.6. The Balaban J connectivity index is 2.99. The van der Waals surface area contributed by atoms with Crippen LogP contribution in [-0.2, 0) is 20.8 Å². The Morgan fingerprint density at radius 1 is 1.14 bits per heavy atom. The molecule has 7 N–H and O–H groups in total. The monoisotopic (exact) mass is 410 g/mol. The summed E-state index contributed by atoms with van der Waals surface area (Å²) in [6.07, 6.45) is 2.66. The molecular weight excluding hydrogens is 380 g/mol. The third kappa shape index (κ3) is 7.40. The number of nitrogens with two attached hydrogens (primary N) is 2. The predicted molar refractivity (Wildman–Crippen MR) is 111 cm³/mol. The lowest BCUT2D eigenvalue weighted by Crippen LogP contribution is -2.57. The largest absolute Gasteiger partial charge is 0.508 e. The van der Waals surface area contributed by atoms with E-state index in [0.29, 0.717) is 12.2 Å². The summed E-state index contributed by atoms with van der Waals surface area (Å²) >= 11 is 1.43. The van der Waals surface area contributed by atoms with Gasteiger partial charge in [0.25, 0.3) is 0 Å². The van der Waals surface area contributed by atoms with Gasteiger partial charge in [-0.25, -0.2) is 0 Å².